The van der Waals surface area contributed by atoms with Gasteiger partial charge < -0.3 is 9.64 Å². The Balaban J connectivity index is 1.24. The highest BCUT2D eigenvalue weighted by atomic mass is 16.5. The fourth-order valence-corrected chi connectivity index (χ4v) is 3.78. The summed E-state index contributed by atoms with van der Waals surface area (Å²) < 4.78 is 5.35. The number of benzene rings is 1. The summed E-state index contributed by atoms with van der Waals surface area (Å²) in [6.07, 6.45) is 2.80. The van der Waals surface area contributed by atoms with Gasteiger partial charge in [-0.15, -0.1) is 0 Å². The molecule has 0 atom stereocenters. The summed E-state index contributed by atoms with van der Waals surface area (Å²) in [6, 6.07) is 12.2. The zero-order chi connectivity index (χ0) is 21.1. The van der Waals surface area contributed by atoms with E-state index in [1.54, 1.807) is 36.4 Å². The van der Waals surface area contributed by atoms with Gasteiger partial charge in [0.05, 0.1) is 29.2 Å². The van der Waals surface area contributed by atoms with Crippen molar-refractivity contribution in [3.63, 3.8) is 0 Å². The van der Waals surface area contributed by atoms with Crippen molar-refractivity contribution in [2.24, 2.45) is 5.92 Å². The van der Waals surface area contributed by atoms with Crippen LogP contribution in [-0.2, 0) is 9.53 Å². The Bertz CT molecular complexity index is 985. The minimum atomic E-state index is -0.352. The third-order valence-corrected chi connectivity index (χ3v) is 5.47. The number of ether oxygens (including phenoxy) is 1. The Kier molecular flexibility index (Phi) is 5.44. The van der Waals surface area contributed by atoms with E-state index in [0.717, 1.165) is 10.7 Å². The lowest BCUT2D eigenvalue weighted by atomic mass is 9.97. The van der Waals surface area contributed by atoms with Gasteiger partial charge in [-0.25, -0.2) is 4.98 Å². The highest BCUT2D eigenvalue weighted by Crippen LogP contribution is 2.24. The van der Waals surface area contributed by atoms with Gasteiger partial charge in [-0.1, -0.05) is 12.1 Å². The Morgan fingerprint density at radius 3 is 2.33 bits per heavy atom. The molecule has 2 aliphatic rings. The van der Waals surface area contributed by atoms with Crippen molar-refractivity contribution in [2.45, 2.75) is 12.8 Å². The maximum absolute atomic E-state index is 12.4. The molecule has 1 saturated heterocycles. The first-order valence-corrected chi connectivity index (χ1v) is 9.81. The van der Waals surface area contributed by atoms with Crippen LogP contribution in [-0.4, -0.2) is 53.9 Å². The van der Waals surface area contributed by atoms with E-state index in [0.29, 0.717) is 42.6 Å². The van der Waals surface area contributed by atoms with Gasteiger partial charge in [0.2, 0.25) is 0 Å². The highest BCUT2D eigenvalue weighted by molar-refractivity contribution is 6.21. The van der Waals surface area contributed by atoms with E-state index >= 15 is 0 Å². The van der Waals surface area contributed by atoms with Crippen molar-refractivity contribution >= 4 is 23.6 Å². The summed E-state index contributed by atoms with van der Waals surface area (Å²) in [4.78, 5) is 44.5. The quantitative estimate of drug-likeness (QED) is 0.555. The fourth-order valence-electron chi connectivity index (χ4n) is 3.78. The van der Waals surface area contributed by atoms with Crippen molar-refractivity contribution < 1.29 is 19.1 Å². The number of amides is 2. The number of nitriles is 1. The van der Waals surface area contributed by atoms with Crippen LogP contribution in [0.25, 0.3) is 0 Å². The predicted octanol–water partition coefficient (Wildman–Crippen LogP) is 2.01. The number of anilines is 1. The molecule has 4 rings (SSSR count). The maximum Gasteiger partial charge on any atom is 0.309 e. The molecule has 0 bridgehead atoms. The van der Waals surface area contributed by atoms with Gasteiger partial charge in [0.25, 0.3) is 11.8 Å². The molecule has 30 heavy (non-hydrogen) atoms. The van der Waals surface area contributed by atoms with Crippen LogP contribution in [0.3, 0.4) is 0 Å². The molecular formula is C22H20N4O4. The lowest BCUT2D eigenvalue weighted by Crippen LogP contribution is -2.38. The van der Waals surface area contributed by atoms with Crippen LogP contribution in [0.4, 0.5) is 5.82 Å². The van der Waals surface area contributed by atoms with Crippen molar-refractivity contribution in [1.82, 2.24) is 9.88 Å². The Hall–Kier alpha value is -3.73. The van der Waals surface area contributed by atoms with Gasteiger partial charge in [0, 0.05) is 19.3 Å². The monoisotopic (exact) mass is 404 g/mol. The summed E-state index contributed by atoms with van der Waals surface area (Å²) in [7, 11) is 0. The molecule has 0 saturated carbocycles. The first kappa shape index (κ1) is 19.6. The third-order valence-electron chi connectivity index (χ3n) is 5.47. The third kappa shape index (κ3) is 3.74. The molecule has 2 aromatic rings. The van der Waals surface area contributed by atoms with E-state index in [1.807, 2.05) is 6.07 Å². The summed E-state index contributed by atoms with van der Waals surface area (Å²) in [5, 5.41) is 8.85. The molecule has 2 aliphatic heterocycles. The number of carbonyl (C=O) groups is 3. The minimum absolute atomic E-state index is 0.0122. The number of carbonyl (C=O) groups excluding carboxylic acids is 3. The Morgan fingerprint density at radius 2 is 1.77 bits per heavy atom. The van der Waals surface area contributed by atoms with E-state index < -0.39 is 0 Å². The lowest BCUT2D eigenvalue weighted by molar-refractivity contribution is -0.149. The van der Waals surface area contributed by atoms with Crippen LogP contribution >= 0.6 is 0 Å². The van der Waals surface area contributed by atoms with Crippen LogP contribution in [0.1, 0.15) is 39.1 Å². The SMILES string of the molecule is N#Cc1ccc(N2CCC(C(=O)OCCN3C(=O)c4ccccc4C3=O)CC2)nc1. The van der Waals surface area contributed by atoms with Gasteiger partial charge in [0.15, 0.2) is 0 Å². The molecule has 1 aromatic carbocycles. The number of hydrogen-bond acceptors (Lipinski definition) is 7. The van der Waals surface area contributed by atoms with Crippen LogP contribution in [0.15, 0.2) is 42.6 Å². The second-order valence-electron chi connectivity index (χ2n) is 7.25. The summed E-state index contributed by atoms with van der Waals surface area (Å²) >= 11 is 0. The molecular weight excluding hydrogens is 384 g/mol. The van der Waals surface area contributed by atoms with Crippen molar-refractivity contribution in [2.75, 3.05) is 31.1 Å². The average Bonchev–Trinajstić information content (AvgIpc) is 3.04. The molecule has 0 unspecified atom stereocenters. The molecule has 8 heteroatoms. The second kappa shape index (κ2) is 8.33. The first-order valence-electron chi connectivity index (χ1n) is 9.81. The normalized spacial score (nSPS) is 16.4. The molecule has 0 N–H and O–H groups in total. The van der Waals surface area contributed by atoms with Gasteiger partial charge in [-0.3, -0.25) is 19.3 Å². The zero-order valence-electron chi connectivity index (χ0n) is 16.3. The summed E-state index contributed by atoms with van der Waals surface area (Å²) in [5.74, 6) is -0.447. The predicted molar refractivity (Wildman–Crippen MR) is 107 cm³/mol. The van der Waals surface area contributed by atoms with Crippen molar-refractivity contribution in [3.05, 3.63) is 59.3 Å². The van der Waals surface area contributed by atoms with Gasteiger partial charge >= 0.3 is 5.97 Å². The molecule has 3 heterocycles. The zero-order valence-corrected chi connectivity index (χ0v) is 16.3. The highest BCUT2D eigenvalue weighted by Gasteiger charge is 2.35. The smallest absolute Gasteiger partial charge is 0.309 e. The Labute approximate surface area is 173 Å². The number of rotatable bonds is 5. The van der Waals surface area contributed by atoms with Crippen molar-refractivity contribution in [1.29, 1.82) is 5.26 Å². The van der Waals surface area contributed by atoms with Gasteiger partial charge in [-0.05, 0) is 37.1 Å². The second-order valence-corrected chi connectivity index (χ2v) is 7.25. The number of esters is 1. The molecule has 8 nitrogen and oxygen atoms in total. The number of aromatic nitrogens is 1. The van der Waals surface area contributed by atoms with Crippen LogP contribution in [0, 0.1) is 17.2 Å². The largest absolute Gasteiger partial charge is 0.464 e. The van der Waals surface area contributed by atoms with E-state index in [9.17, 15) is 14.4 Å². The fraction of sp³-hybridized carbons (Fsp3) is 0.318. The number of hydrogen-bond donors (Lipinski definition) is 0. The number of nitrogens with zero attached hydrogens (tertiary/aromatic N) is 4. The van der Waals surface area contributed by atoms with E-state index in [-0.39, 0.29) is 36.9 Å². The number of imide groups is 1. The molecule has 0 spiro atoms. The van der Waals surface area contributed by atoms with E-state index in [2.05, 4.69) is 9.88 Å². The van der Waals surface area contributed by atoms with Gasteiger partial charge in [-0.2, -0.15) is 5.26 Å². The average molecular weight is 404 g/mol. The number of pyridine rings is 1. The summed E-state index contributed by atoms with van der Waals surface area (Å²) in [5.41, 5.74) is 1.28. The molecule has 1 fully saturated rings. The van der Waals surface area contributed by atoms with E-state index in [1.165, 1.54) is 6.20 Å². The maximum atomic E-state index is 12.4. The topological polar surface area (TPSA) is 104 Å². The van der Waals surface area contributed by atoms with Crippen molar-refractivity contribution in [3.8, 4) is 6.07 Å². The molecule has 1 aromatic heterocycles. The molecule has 2 amide bonds. The molecule has 0 radical (unpaired) electrons. The first-order chi connectivity index (χ1) is 14.6. The van der Waals surface area contributed by atoms with Crippen LogP contribution in [0.5, 0.6) is 0 Å². The number of piperidine rings is 1. The standard InChI is InChI=1S/C22H20N4O4/c23-13-15-5-6-19(24-14-15)25-9-7-16(8-10-25)22(29)30-12-11-26-20(27)17-3-1-2-4-18(17)21(26)28/h1-6,14,16H,7-12H2. The van der Waals surface area contributed by atoms with E-state index in [4.69, 9.17) is 10.00 Å². The Morgan fingerprint density at radius 1 is 1.10 bits per heavy atom. The van der Waals surface area contributed by atoms with Gasteiger partial charge in [0.1, 0.15) is 18.5 Å². The molecule has 152 valence electrons. The van der Waals surface area contributed by atoms with Crippen LogP contribution in [0.2, 0.25) is 0 Å². The summed E-state index contributed by atoms with van der Waals surface area (Å²) in [6.45, 7) is 1.36. The minimum Gasteiger partial charge on any atom is -0.464 e. The lowest BCUT2D eigenvalue weighted by Gasteiger charge is -2.31. The van der Waals surface area contributed by atoms with Crippen LogP contribution < -0.4 is 4.90 Å². The molecule has 0 aliphatic carbocycles. The number of fused-ring (bicyclic) bond motifs is 1.